The standard InChI is InChI=1S/C12H18ClN3/c1-15-10-4-5-16(8-10)11-3-2-9(7-14)12(13)6-11/h2-3,6,10,15H,4-5,7-8,14H2,1H3/t10-/m1/s1. The van der Waals surface area contributed by atoms with Crippen LogP contribution >= 0.6 is 11.6 Å². The maximum absolute atomic E-state index is 6.16. The Hall–Kier alpha value is -0.770. The molecule has 1 aromatic carbocycles. The van der Waals surface area contributed by atoms with Gasteiger partial charge in [0, 0.05) is 36.4 Å². The smallest absolute Gasteiger partial charge is 0.0471 e. The van der Waals surface area contributed by atoms with Crippen LogP contribution in [0.5, 0.6) is 0 Å². The summed E-state index contributed by atoms with van der Waals surface area (Å²) >= 11 is 6.16. The molecule has 3 N–H and O–H groups in total. The van der Waals surface area contributed by atoms with Crippen molar-refractivity contribution in [1.29, 1.82) is 0 Å². The Morgan fingerprint density at radius 1 is 1.56 bits per heavy atom. The highest BCUT2D eigenvalue weighted by Crippen LogP contribution is 2.26. The van der Waals surface area contributed by atoms with Gasteiger partial charge in [0.05, 0.1) is 0 Å². The number of nitrogens with zero attached hydrogens (tertiary/aromatic N) is 1. The van der Waals surface area contributed by atoms with E-state index >= 15 is 0 Å². The molecule has 1 atom stereocenters. The average Bonchev–Trinajstić information content (AvgIpc) is 2.77. The van der Waals surface area contributed by atoms with E-state index < -0.39 is 0 Å². The summed E-state index contributed by atoms with van der Waals surface area (Å²) in [6, 6.07) is 6.73. The first kappa shape index (κ1) is 11.7. The molecule has 0 saturated carbocycles. The van der Waals surface area contributed by atoms with E-state index in [1.54, 1.807) is 0 Å². The number of benzene rings is 1. The lowest BCUT2D eigenvalue weighted by molar-refractivity contribution is 0.617. The van der Waals surface area contributed by atoms with E-state index in [1.807, 2.05) is 19.2 Å². The maximum atomic E-state index is 6.16. The second-order valence-electron chi connectivity index (χ2n) is 4.20. The Bertz CT molecular complexity index is 367. The van der Waals surface area contributed by atoms with Gasteiger partial charge in [0.25, 0.3) is 0 Å². The van der Waals surface area contributed by atoms with E-state index in [-0.39, 0.29) is 0 Å². The SMILES string of the molecule is CN[C@@H]1CCN(c2ccc(CN)c(Cl)c2)C1. The number of likely N-dealkylation sites (N-methyl/N-ethyl adjacent to an activating group) is 1. The van der Waals surface area contributed by atoms with E-state index in [4.69, 9.17) is 17.3 Å². The molecule has 4 heteroatoms. The fourth-order valence-corrected chi connectivity index (χ4v) is 2.38. The third-order valence-corrected chi connectivity index (χ3v) is 3.57. The first-order valence-corrected chi connectivity index (χ1v) is 6.03. The molecule has 0 unspecified atom stereocenters. The van der Waals surface area contributed by atoms with Crippen molar-refractivity contribution >= 4 is 17.3 Å². The lowest BCUT2D eigenvalue weighted by Gasteiger charge is -2.19. The van der Waals surface area contributed by atoms with Crippen molar-refractivity contribution in [2.24, 2.45) is 5.73 Å². The first-order valence-electron chi connectivity index (χ1n) is 5.65. The summed E-state index contributed by atoms with van der Waals surface area (Å²) in [5.74, 6) is 0. The van der Waals surface area contributed by atoms with Crippen molar-refractivity contribution in [3.8, 4) is 0 Å². The van der Waals surface area contributed by atoms with Crippen LogP contribution in [0.3, 0.4) is 0 Å². The van der Waals surface area contributed by atoms with Crippen molar-refractivity contribution in [2.45, 2.75) is 19.0 Å². The molecule has 3 nitrogen and oxygen atoms in total. The number of nitrogens with two attached hydrogens (primary N) is 1. The topological polar surface area (TPSA) is 41.3 Å². The van der Waals surface area contributed by atoms with E-state index in [9.17, 15) is 0 Å². The molecule has 1 heterocycles. The summed E-state index contributed by atoms with van der Waals surface area (Å²) in [6.07, 6.45) is 1.19. The molecule has 0 spiro atoms. The number of hydrogen-bond acceptors (Lipinski definition) is 3. The number of rotatable bonds is 3. The monoisotopic (exact) mass is 239 g/mol. The second kappa shape index (κ2) is 5.04. The van der Waals surface area contributed by atoms with Gasteiger partial charge >= 0.3 is 0 Å². The van der Waals surface area contributed by atoms with Crippen LogP contribution in [0, 0.1) is 0 Å². The fourth-order valence-electron chi connectivity index (χ4n) is 2.13. The third kappa shape index (κ3) is 2.32. The quantitative estimate of drug-likeness (QED) is 0.842. The Morgan fingerprint density at radius 3 is 2.94 bits per heavy atom. The molecule has 1 saturated heterocycles. The number of halogens is 1. The van der Waals surface area contributed by atoms with Gasteiger partial charge in [-0.2, -0.15) is 0 Å². The van der Waals surface area contributed by atoms with Crippen LogP contribution in [0.4, 0.5) is 5.69 Å². The molecule has 0 radical (unpaired) electrons. The molecule has 1 aliphatic heterocycles. The Morgan fingerprint density at radius 2 is 2.38 bits per heavy atom. The van der Waals surface area contributed by atoms with Crippen molar-refractivity contribution in [2.75, 3.05) is 25.0 Å². The molecule has 0 aromatic heterocycles. The highest BCUT2D eigenvalue weighted by molar-refractivity contribution is 6.31. The van der Waals surface area contributed by atoms with E-state index in [2.05, 4.69) is 16.3 Å². The lowest BCUT2D eigenvalue weighted by Crippen LogP contribution is -2.29. The minimum absolute atomic E-state index is 0.498. The Labute approximate surface area is 102 Å². The molecular formula is C12H18ClN3. The summed E-state index contributed by atoms with van der Waals surface area (Å²) in [6.45, 7) is 2.64. The number of hydrogen-bond donors (Lipinski definition) is 2. The molecule has 0 aliphatic carbocycles. The lowest BCUT2D eigenvalue weighted by atomic mass is 10.2. The predicted molar refractivity (Wildman–Crippen MR) is 69.0 cm³/mol. The summed E-state index contributed by atoms with van der Waals surface area (Å²) in [4.78, 5) is 2.35. The summed E-state index contributed by atoms with van der Waals surface area (Å²) in [5.41, 5.74) is 7.79. The zero-order valence-corrected chi connectivity index (χ0v) is 10.3. The van der Waals surface area contributed by atoms with Gasteiger partial charge < -0.3 is 16.0 Å². The third-order valence-electron chi connectivity index (χ3n) is 3.22. The molecule has 1 aliphatic rings. The van der Waals surface area contributed by atoms with Crippen LogP contribution < -0.4 is 16.0 Å². The van der Waals surface area contributed by atoms with Crippen LogP contribution in [0.15, 0.2) is 18.2 Å². The molecule has 16 heavy (non-hydrogen) atoms. The molecule has 1 fully saturated rings. The van der Waals surface area contributed by atoms with E-state index in [0.29, 0.717) is 12.6 Å². The zero-order chi connectivity index (χ0) is 11.5. The van der Waals surface area contributed by atoms with E-state index in [1.165, 1.54) is 12.1 Å². The zero-order valence-electron chi connectivity index (χ0n) is 9.54. The highest BCUT2D eigenvalue weighted by atomic mass is 35.5. The molecule has 0 amide bonds. The molecule has 2 rings (SSSR count). The molecule has 1 aromatic rings. The number of nitrogens with one attached hydrogen (secondary N) is 1. The molecule has 0 bridgehead atoms. The second-order valence-corrected chi connectivity index (χ2v) is 4.61. The van der Waals surface area contributed by atoms with Crippen LogP contribution in [0.2, 0.25) is 5.02 Å². The minimum atomic E-state index is 0.498. The van der Waals surface area contributed by atoms with Gasteiger partial charge in [-0.3, -0.25) is 0 Å². The predicted octanol–water partition coefficient (Wildman–Crippen LogP) is 1.60. The van der Waals surface area contributed by atoms with Crippen LogP contribution in [-0.2, 0) is 6.54 Å². The average molecular weight is 240 g/mol. The minimum Gasteiger partial charge on any atom is -0.370 e. The fraction of sp³-hybridized carbons (Fsp3) is 0.500. The van der Waals surface area contributed by atoms with Crippen LogP contribution in [-0.4, -0.2) is 26.2 Å². The normalized spacial score (nSPS) is 20.4. The Kier molecular flexibility index (Phi) is 3.69. The van der Waals surface area contributed by atoms with E-state index in [0.717, 1.165) is 23.7 Å². The van der Waals surface area contributed by atoms with Gasteiger partial charge in [0.15, 0.2) is 0 Å². The van der Waals surface area contributed by atoms with Gasteiger partial charge in [-0.05, 0) is 31.2 Å². The number of anilines is 1. The van der Waals surface area contributed by atoms with Gasteiger partial charge in [-0.25, -0.2) is 0 Å². The summed E-state index contributed by atoms with van der Waals surface area (Å²) in [7, 11) is 2.01. The van der Waals surface area contributed by atoms with Gasteiger partial charge in [0.2, 0.25) is 0 Å². The van der Waals surface area contributed by atoms with Gasteiger partial charge in [0.1, 0.15) is 0 Å². The molecule has 88 valence electrons. The van der Waals surface area contributed by atoms with Crippen molar-refractivity contribution in [3.63, 3.8) is 0 Å². The first-order chi connectivity index (χ1) is 7.74. The summed E-state index contributed by atoms with van der Waals surface area (Å²) < 4.78 is 0. The summed E-state index contributed by atoms with van der Waals surface area (Å²) in [5, 5.41) is 4.08. The van der Waals surface area contributed by atoms with Crippen molar-refractivity contribution in [1.82, 2.24) is 5.32 Å². The van der Waals surface area contributed by atoms with Crippen LogP contribution in [0.1, 0.15) is 12.0 Å². The molecular weight excluding hydrogens is 222 g/mol. The van der Waals surface area contributed by atoms with Crippen molar-refractivity contribution < 1.29 is 0 Å². The maximum Gasteiger partial charge on any atom is 0.0471 e. The Balaban J connectivity index is 2.13. The van der Waals surface area contributed by atoms with Gasteiger partial charge in [-0.15, -0.1) is 0 Å². The largest absolute Gasteiger partial charge is 0.370 e. The van der Waals surface area contributed by atoms with Crippen molar-refractivity contribution in [3.05, 3.63) is 28.8 Å². The van der Waals surface area contributed by atoms with Gasteiger partial charge in [-0.1, -0.05) is 17.7 Å². The van der Waals surface area contributed by atoms with Crippen LogP contribution in [0.25, 0.3) is 0 Å². The highest BCUT2D eigenvalue weighted by Gasteiger charge is 2.21.